The highest BCUT2D eigenvalue weighted by molar-refractivity contribution is 5.25. The van der Waals surface area contributed by atoms with Crippen LogP contribution in [0.25, 0.3) is 0 Å². The quantitative estimate of drug-likeness (QED) is 0.608. The van der Waals surface area contributed by atoms with Crippen molar-refractivity contribution in [2.24, 2.45) is 5.92 Å². The number of rotatable bonds is 2. The summed E-state index contributed by atoms with van der Waals surface area (Å²) in [5.41, 5.74) is 1.30. The molecule has 0 aliphatic heterocycles. The van der Waals surface area contributed by atoms with E-state index in [9.17, 15) is 4.39 Å². The molecule has 2 atom stereocenters. The first-order valence-electron chi connectivity index (χ1n) is 4.02. The van der Waals surface area contributed by atoms with Gasteiger partial charge in [-0.2, -0.15) is 0 Å². The van der Waals surface area contributed by atoms with Gasteiger partial charge in [-0.05, 0) is 23.8 Å². The molecule has 58 valence electrons. The number of alkyl halides is 1. The topological polar surface area (TPSA) is 0 Å². The molecule has 1 aromatic carbocycles. The Labute approximate surface area is 66.1 Å². The average Bonchev–Trinajstić information content (AvgIpc) is 2.85. The summed E-state index contributed by atoms with van der Waals surface area (Å²) in [7, 11) is 0. The van der Waals surface area contributed by atoms with Crippen LogP contribution in [-0.4, -0.2) is 6.67 Å². The minimum atomic E-state index is -0.153. The van der Waals surface area contributed by atoms with Crippen molar-refractivity contribution in [3.8, 4) is 0 Å². The van der Waals surface area contributed by atoms with Crippen LogP contribution in [-0.2, 0) is 0 Å². The highest BCUT2D eigenvalue weighted by Crippen LogP contribution is 2.47. The van der Waals surface area contributed by atoms with Crippen molar-refractivity contribution in [2.45, 2.75) is 12.3 Å². The predicted octanol–water partition coefficient (Wildman–Crippen LogP) is 2.76. The van der Waals surface area contributed by atoms with Gasteiger partial charge in [0.25, 0.3) is 0 Å². The van der Waals surface area contributed by atoms with E-state index in [1.165, 1.54) is 5.56 Å². The predicted molar refractivity (Wildman–Crippen MR) is 43.3 cm³/mol. The minimum absolute atomic E-state index is 0.153. The lowest BCUT2D eigenvalue weighted by atomic mass is 10.1. The van der Waals surface area contributed by atoms with Crippen LogP contribution >= 0.6 is 0 Å². The summed E-state index contributed by atoms with van der Waals surface area (Å²) in [4.78, 5) is 0. The van der Waals surface area contributed by atoms with Gasteiger partial charge >= 0.3 is 0 Å². The second-order valence-corrected chi connectivity index (χ2v) is 3.17. The van der Waals surface area contributed by atoms with Crippen LogP contribution in [0.2, 0.25) is 0 Å². The van der Waals surface area contributed by atoms with Gasteiger partial charge in [-0.1, -0.05) is 30.3 Å². The van der Waals surface area contributed by atoms with Crippen molar-refractivity contribution >= 4 is 0 Å². The van der Waals surface area contributed by atoms with E-state index in [1.807, 2.05) is 18.2 Å². The first-order valence-corrected chi connectivity index (χ1v) is 4.02. The third-order valence-electron chi connectivity index (χ3n) is 2.35. The zero-order chi connectivity index (χ0) is 7.68. The summed E-state index contributed by atoms with van der Waals surface area (Å²) in [6.07, 6.45) is 1.04. The fraction of sp³-hybridized carbons (Fsp3) is 0.400. The highest BCUT2D eigenvalue weighted by atomic mass is 19.1. The normalized spacial score (nSPS) is 28.5. The summed E-state index contributed by atoms with van der Waals surface area (Å²) in [5, 5.41) is 0. The van der Waals surface area contributed by atoms with Gasteiger partial charge in [0.05, 0.1) is 6.67 Å². The van der Waals surface area contributed by atoms with Gasteiger partial charge in [0.15, 0.2) is 0 Å². The zero-order valence-corrected chi connectivity index (χ0v) is 6.33. The number of hydrogen-bond donors (Lipinski definition) is 0. The van der Waals surface area contributed by atoms with Gasteiger partial charge < -0.3 is 0 Å². The van der Waals surface area contributed by atoms with Crippen molar-refractivity contribution in [2.75, 3.05) is 6.67 Å². The highest BCUT2D eigenvalue weighted by Gasteiger charge is 2.37. The monoisotopic (exact) mass is 150 g/mol. The van der Waals surface area contributed by atoms with Crippen molar-refractivity contribution < 1.29 is 4.39 Å². The molecule has 0 saturated heterocycles. The summed E-state index contributed by atoms with van der Waals surface area (Å²) in [6, 6.07) is 10.2. The fourth-order valence-electron chi connectivity index (χ4n) is 1.53. The lowest BCUT2D eigenvalue weighted by molar-refractivity contribution is 0.452. The molecule has 0 radical (unpaired) electrons. The summed E-state index contributed by atoms with van der Waals surface area (Å²) in [6.45, 7) is -0.153. The Hall–Kier alpha value is -0.850. The molecule has 0 spiro atoms. The van der Waals surface area contributed by atoms with E-state index in [4.69, 9.17) is 0 Å². The zero-order valence-electron chi connectivity index (χ0n) is 6.33. The van der Waals surface area contributed by atoms with E-state index in [-0.39, 0.29) is 6.67 Å². The lowest BCUT2D eigenvalue weighted by Crippen LogP contribution is -1.83. The number of hydrogen-bond acceptors (Lipinski definition) is 0. The Morgan fingerprint density at radius 1 is 1.27 bits per heavy atom. The molecule has 1 fully saturated rings. The Morgan fingerprint density at radius 3 is 2.55 bits per heavy atom. The van der Waals surface area contributed by atoms with Crippen LogP contribution < -0.4 is 0 Å². The van der Waals surface area contributed by atoms with Crippen LogP contribution in [0.4, 0.5) is 4.39 Å². The molecule has 0 heterocycles. The minimum Gasteiger partial charge on any atom is -0.251 e. The summed E-state index contributed by atoms with van der Waals surface area (Å²) >= 11 is 0. The largest absolute Gasteiger partial charge is 0.251 e. The average molecular weight is 150 g/mol. The van der Waals surface area contributed by atoms with Crippen LogP contribution in [0.3, 0.4) is 0 Å². The molecule has 1 aliphatic rings. The maximum Gasteiger partial charge on any atom is 0.0928 e. The van der Waals surface area contributed by atoms with Crippen LogP contribution in [0.5, 0.6) is 0 Å². The first kappa shape index (κ1) is 6.84. The molecule has 2 unspecified atom stereocenters. The Kier molecular flexibility index (Phi) is 1.65. The SMILES string of the molecule is FCC1CC1c1ccccc1. The third kappa shape index (κ3) is 1.28. The molecule has 0 bridgehead atoms. The molecule has 1 heteroatoms. The van der Waals surface area contributed by atoms with Gasteiger partial charge in [0.2, 0.25) is 0 Å². The second kappa shape index (κ2) is 2.65. The second-order valence-electron chi connectivity index (χ2n) is 3.17. The molecule has 0 amide bonds. The number of benzene rings is 1. The molecule has 0 nitrogen and oxygen atoms in total. The van der Waals surface area contributed by atoms with Gasteiger partial charge in [-0.25, -0.2) is 0 Å². The Balaban J connectivity index is 2.09. The number of halogens is 1. The molecular formula is C10H11F. The van der Waals surface area contributed by atoms with E-state index >= 15 is 0 Å². The maximum atomic E-state index is 12.1. The lowest BCUT2D eigenvalue weighted by Gasteiger charge is -1.95. The van der Waals surface area contributed by atoms with E-state index in [1.54, 1.807) is 0 Å². The van der Waals surface area contributed by atoms with Gasteiger partial charge in [0.1, 0.15) is 0 Å². The Morgan fingerprint density at radius 2 is 2.00 bits per heavy atom. The van der Waals surface area contributed by atoms with Crippen molar-refractivity contribution in [3.63, 3.8) is 0 Å². The van der Waals surface area contributed by atoms with Crippen molar-refractivity contribution in [1.82, 2.24) is 0 Å². The van der Waals surface area contributed by atoms with E-state index in [0.717, 1.165) is 6.42 Å². The van der Waals surface area contributed by atoms with Crippen LogP contribution in [0.1, 0.15) is 17.9 Å². The molecule has 11 heavy (non-hydrogen) atoms. The molecule has 2 rings (SSSR count). The van der Waals surface area contributed by atoms with E-state index in [2.05, 4.69) is 12.1 Å². The van der Waals surface area contributed by atoms with E-state index < -0.39 is 0 Å². The van der Waals surface area contributed by atoms with Gasteiger partial charge in [-0.15, -0.1) is 0 Å². The van der Waals surface area contributed by atoms with Crippen LogP contribution in [0, 0.1) is 5.92 Å². The van der Waals surface area contributed by atoms with Crippen LogP contribution in [0.15, 0.2) is 30.3 Å². The van der Waals surface area contributed by atoms with Gasteiger partial charge in [-0.3, -0.25) is 4.39 Å². The van der Waals surface area contributed by atoms with Crippen molar-refractivity contribution in [1.29, 1.82) is 0 Å². The molecule has 1 aliphatic carbocycles. The fourth-order valence-corrected chi connectivity index (χ4v) is 1.53. The molecule has 0 aromatic heterocycles. The van der Waals surface area contributed by atoms with E-state index in [0.29, 0.717) is 11.8 Å². The standard InChI is InChI=1S/C10H11F/c11-7-9-6-10(9)8-4-2-1-3-5-8/h1-5,9-10H,6-7H2. The molecular weight excluding hydrogens is 139 g/mol. The smallest absolute Gasteiger partial charge is 0.0928 e. The molecule has 1 saturated carbocycles. The molecule has 0 N–H and O–H groups in total. The maximum absolute atomic E-state index is 12.1. The summed E-state index contributed by atoms with van der Waals surface area (Å²) < 4.78 is 12.1. The van der Waals surface area contributed by atoms with Crippen molar-refractivity contribution in [3.05, 3.63) is 35.9 Å². The Bertz CT molecular complexity index is 230. The third-order valence-corrected chi connectivity index (χ3v) is 2.35. The first-order chi connectivity index (χ1) is 5.42. The summed E-state index contributed by atoms with van der Waals surface area (Å²) in [5.74, 6) is 0.832. The molecule has 1 aromatic rings. The van der Waals surface area contributed by atoms with Gasteiger partial charge in [0, 0.05) is 0 Å².